The first-order valence-electron chi connectivity index (χ1n) is 7.56. The standard InChI is InChI=1S/C20H16F3N/c1-13-4-3-5-14(2)19(13)16-8-11-18(24-12-16)15-6-9-17(10-7-15)20(21,22)23/h3-12H,1-2H3. The van der Waals surface area contributed by atoms with Gasteiger partial charge in [-0.3, -0.25) is 4.98 Å². The van der Waals surface area contributed by atoms with Gasteiger partial charge in [0.25, 0.3) is 0 Å². The molecule has 2 aromatic carbocycles. The molecule has 0 aliphatic carbocycles. The maximum absolute atomic E-state index is 12.6. The Labute approximate surface area is 138 Å². The molecule has 0 saturated carbocycles. The maximum Gasteiger partial charge on any atom is 0.416 e. The lowest BCUT2D eigenvalue weighted by molar-refractivity contribution is -0.137. The summed E-state index contributed by atoms with van der Waals surface area (Å²) in [5, 5.41) is 0. The summed E-state index contributed by atoms with van der Waals surface area (Å²) in [7, 11) is 0. The van der Waals surface area contributed by atoms with Gasteiger partial charge in [-0.05, 0) is 48.7 Å². The zero-order valence-electron chi connectivity index (χ0n) is 13.4. The number of hydrogen-bond donors (Lipinski definition) is 0. The SMILES string of the molecule is Cc1cccc(C)c1-c1ccc(-c2ccc(C(F)(F)F)cc2)nc1. The van der Waals surface area contributed by atoms with E-state index in [1.807, 2.05) is 44.2 Å². The fourth-order valence-electron chi connectivity index (χ4n) is 2.81. The van der Waals surface area contributed by atoms with Crippen LogP contribution < -0.4 is 0 Å². The maximum atomic E-state index is 12.6. The molecular weight excluding hydrogens is 311 g/mol. The summed E-state index contributed by atoms with van der Waals surface area (Å²) in [6, 6.07) is 15.0. The Balaban J connectivity index is 1.93. The molecule has 0 atom stereocenters. The Morgan fingerprint density at radius 3 is 1.83 bits per heavy atom. The van der Waals surface area contributed by atoms with Crippen LogP contribution in [0.15, 0.2) is 60.8 Å². The van der Waals surface area contributed by atoms with Crippen LogP contribution in [0.3, 0.4) is 0 Å². The highest BCUT2D eigenvalue weighted by atomic mass is 19.4. The van der Waals surface area contributed by atoms with Gasteiger partial charge in [0, 0.05) is 17.3 Å². The lowest BCUT2D eigenvalue weighted by Gasteiger charge is -2.11. The van der Waals surface area contributed by atoms with Crippen molar-refractivity contribution in [3.05, 3.63) is 77.5 Å². The Bertz CT molecular complexity index is 827. The van der Waals surface area contributed by atoms with Crippen molar-refractivity contribution in [1.29, 1.82) is 0 Å². The Morgan fingerprint density at radius 2 is 1.33 bits per heavy atom. The van der Waals surface area contributed by atoms with Gasteiger partial charge < -0.3 is 0 Å². The van der Waals surface area contributed by atoms with E-state index in [-0.39, 0.29) is 0 Å². The third-order valence-corrected chi connectivity index (χ3v) is 4.04. The Hall–Kier alpha value is -2.62. The van der Waals surface area contributed by atoms with Gasteiger partial charge in [0.15, 0.2) is 0 Å². The quantitative estimate of drug-likeness (QED) is 0.558. The van der Waals surface area contributed by atoms with E-state index in [2.05, 4.69) is 4.98 Å². The first-order chi connectivity index (χ1) is 11.4. The van der Waals surface area contributed by atoms with Gasteiger partial charge in [-0.1, -0.05) is 36.4 Å². The first kappa shape index (κ1) is 16.2. The molecule has 0 aliphatic rings. The lowest BCUT2D eigenvalue weighted by atomic mass is 9.96. The average Bonchev–Trinajstić information content (AvgIpc) is 2.55. The van der Waals surface area contributed by atoms with Crippen LogP contribution in [0.5, 0.6) is 0 Å². The second-order valence-corrected chi connectivity index (χ2v) is 5.77. The highest BCUT2D eigenvalue weighted by Gasteiger charge is 2.29. The minimum Gasteiger partial charge on any atom is -0.256 e. The van der Waals surface area contributed by atoms with E-state index in [1.54, 1.807) is 6.20 Å². The number of nitrogens with zero attached hydrogens (tertiary/aromatic N) is 1. The molecule has 3 rings (SSSR count). The van der Waals surface area contributed by atoms with E-state index in [4.69, 9.17) is 0 Å². The molecule has 0 unspecified atom stereocenters. The summed E-state index contributed by atoms with van der Waals surface area (Å²) in [4.78, 5) is 4.42. The van der Waals surface area contributed by atoms with Crippen LogP contribution in [0.2, 0.25) is 0 Å². The minimum absolute atomic E-state index is 0.652. The highest BCUT2D eigenvalue weighted by molar-refractivity contribution is 5.72. The van der Waals surface area contributed by atoms with Crippen molar-refractivity contribution in [1.82, 2.24) is 4.98 Å². The van der Waals surface area contributed by atoms with Gasteiger partial charge in [-0.15, -0.1) is 0 Å². The smallest absolute Gasteiger partial charge is 0.256 e. The fraction of sp³-hybridized carbons (Fsp3) is 0.150. The topological polar surface area (TPSA) is 12.9 Å². The number of alkyl halides is 3. The normalized spacial score (nSPS) is 11.5. The summed E-state index contributed by atoms with van der Waals surface area (Å²) in [6.07, 6.45) is -2.56. The Morgan fingerprint density at radius 1 is 0.750 bits per heavy atom. The van der Waals surface area contributed by atoms with E-state index >= 15 is 0 Å². The van der Waals surface area contributed by atoms with E-state index in [0.717, 1.165) is 23.3 Å². The number of aryl methyl sites for hydroxylation is 2. The molecule has 0 bridgehead atoms. The summed E-state index contributed by atoms with van der Waals surface area (Å²) >= 11 is 0. The molecule has 122 valence electrons. The molecule has 0 aliphatic heterocycles. The van der Waals surface area contributed by atoms with Crippen LogP contribution in [-0.2, 0) is 6.18 Å². The molecule has 0 radical (unpaired) electrons. The summed E-state index contributed by atoms with van der Waals surface area (Å²) in [6.45, 7) is 4.10. The summed E-state index contributed by atoms with van der Waals surface area (Å²) in [5.41, 5.74) is 5.14. The van der Waals surface area contributed by atoms with Crippen molar-refractivity contribution in [2.45, 2.75) is 20.0 Å². The number of rotatable bonds is 2. The van der Waals surface area contributed by atoms with Crippen LogP contribution in [-0.4, -0.2) is 4.98 Å². The predicted octanol–water partition coefficient (Wildman–Crippen LogP) is 6.05. The fourth-order valence-corrected chi connectivity index (χ4v) is 2.81. The summed E-state index contributed by atoms with van der Waals surface area (Å²) < 4.78 is 37.9. The third kappa shape index (κ3) is 3.18. The molecule has 1 heterocycles. The van der Waals surface area contributed by atoms with Gasteiger partial charge in [0.2, 0.25) is 0 Å². The van der Waals surface area contributed by atoms with Crippen LogP contribution >= 0.6 is 0 Å². The number of halogens is 3. The predicted molar refractivity (Wildman–Crippen MR) is 89.6 cm³/mol. The number of aromatic nitrogens is 1. The molecule has 1 nitrogen and oxygen atoms in total. The molecule has 0 spiro atoms. The molecule has 0 N–H and O–H groups in total. The lowest BCUT2D eigenvalue weighted by Crippen LogP contribution is -2.04. The van der Waals surface area contributed by atoms with Crippen LogP contribution in [0.4, 0.5) is 13.2 Å². The second kappa shape index (κ2) is 6.11. The number of benzene rings is 2. The average molecular weight is 327 g/mol. The molecule has 4 heteroatoms. The first-order valence-corrected chi connectivity index (χ1v) is 7.56. The van der Waals surface area contributed by atoms with Gasteiger partial charge in [0.1, 0.15) is 0 Å². The number of hydrogen-bond acceptors (Lipinski definition) is 1. The minimum atomic E-state index is -4.32. The molecule has 0 amide bonds. The van der Waals surface area contributed by atoms with Crippen LogP contribution in [0.25, 0.3) is 22.4 Å². The van der Waals surface area contributed by atoms with Crippen molar-refractivity contribution in [2.75, 3.05) is 0 Å². The zero-order valence-corrected chi connectivity index (χ0v) is 13.4. The van der Waals surface area contributed by atoms with E-state index in [1.165, 1.54) is 23.3 Å². The molecular formula is C20H16F3N. The molecule has 1 aromatic heterocycles. The zero-order chi connectivity index (χ0) is 17.3. The van der Waals surface area contributed by atoms with Crippen molar-refractivity contribution in [2.24, 2.45) is 0 Å². The summed E-state index contributed by atoms with van der Waals surface area (Å²) in [5.74, 6) is 0. The molecule has 0 saturated heterocycles. The van der Waals surface area contributed by atoms with Crippen molar-refractivity contribution in [3.8, 4) is 22.4 Å². The third-order valence-electron chi connectivity index (χ3n) is 4.04. The van der Waals surface area contributed by atoms with Crippen molar-refractivity contribution < 1.29 is 13.2 Å². The largest absolute Gasteiger partial charge is 0.416 e. The van der Waals surface area contributed by atoms with E-state index in [0.29, 0.717) is 11.3 Å². The van der Waals surface area contributed by atoms with Crippen LogP contribution in [0.1, 0.15) is 16.7 Å². The van der Waals surface area contributed by atoms with Gasteiger partial charge in [0.05, 0.1) is 11.3 Å². The molecule has 0 fully saturated rings. The second-order valence-electron chi connectivity index (χ2n) is 5.77. The van der Waals surface area contributed by atoms with Gasteiger partial charge in [-0.25, -0.2) is 0 Å². The Kier molecular flexibility index (Phi) is 4.14. The number of pyridine rings is 1. The highest BCUT2D eigenvalue weighted by Crippen LogP contribution is 2.31. The van der Waals surface area contributed by atoms with Gasteiger partial charge in [-0.2, -0.15) is 13.2 Å². The van der Waals surface area contributed by atoms with Crippen LogP contribution in [0, 0.1) is 13.8 Å². The molecule has 3 aromatic rings. The van der Waals surface area contributed by atoms with Gasteiger partial charge >= 0.3 is 6.18 Å². The monoisotopic (exact) mass is 327 g/mol. The molecule has 24 heavy (non-hydrogen) atoms. The van der Waals surface area contributed by atoms with E-state index < -0.39 is 11.7 Å². The van der Waals surface area contributed by atoms with Crippen molar-refractivity contribution in [3.63, 3.8) is 0 Å². The van der Waals surface area contributed by atoms with Crippen molar-refractivity contribution >= 4 is 0 Å². The van der Waals surface area contributed by atoms with E-state index in [9.17, 15) is 13.2 Å².